The maximum atomic E-state index is 8.64. The summed E-state index contributed by atoms with van der Waals surface area (Å²) in [6.45, 7) is 0. The second-order valence-electron chi connectivity index (χ2n) is 6.09. The van der Waals surface area contributed by atoms with Crippen molar-refractivity contribution in [2.45, 2.75) is 24.6 Å². The zero-order valence-electron chi connectivity index (χ0n) is 14.2. The van der Waals surface area contributed by atoms with Gasteiger partial charge < -0.3 is 0 Å². The Morgan fingerprint density at radius 3 is 2.77 bits per heavy atom. The van der Waals surface area contributed by atoms with Gasteiger partial charge in [0, 0.05) is 16.8 Å². The first kappa shape index (κ1) is 18.5. The van der Waals surface area contributed by atoms with E-state index in [0.29, 0.717) is 11.4 Å². The molecule has 0 spiro atoms. The molecule has 130 valence electrons. The third-order valence-corrected chi connectivity index (χ3v) is 4.85. The zero-order valence-corrected chi connectivity index (χ0v) is 15.7. The van der Waals surface area contributed by atoms with E-state index in [2.05, 4.69) is 17.1 Å². The lowest BCUT2D eigenvalue weighted by Gasteiger charge is -2.09. The molecule has 0 bridgehead atoms. The van der Waals surface area contributed by atoms with Gasteiger partial charge in [-0.25, -0.2) is 4.98 Å². The van der Waals surface area contributed by atoms with E-state index < -0.39 is 0 Å². The predicted octanol–water partition coefficient (Wildman–Crippen LogP) is 7.03. The van der Waals surface area contributed by atoms with Gasteiger partial charge in [0.2, 0.25) is 0 Å². The van der Waals surface area contributed by atoms with Crippen molar-refractivity contribution in [1.82, 2.24) is 4.98 Å². The summed E-state index contributed by atoms with van der Waals surface area (Å²) in [7, 11) is 0. The van der Waals surface area contributed by atoms with Crippen molar-refractivity contribution < 1.29 is 0 Å². The van der Waals surface area contributed by atoms with Crippen LogP contribution in [0.1, 0.15) is 41.5 Å². The number of benzene rings is 2. The van der Waals surface area contributed by atoms with Crippen LogP contribution in [0.5, 0.6) is 0 Å². The van der Waals surface area contributed by atoms with Crippen LogP contribution in [0.2, 0.25) is 5.02 Å². The van der Waals surface area contributed by atoms with Gasteiger partial charge in [-0.15, -0.1) is 11.6 Å². The van der Waals surface area contributed by atoms with Crippen molar-refractivity contribution >= 4 is 46.3 Å². The molecule has 26 heavy (non-hydrogen) atoms. The topological polar surface area (TPSA) is 36.7 Å². The summed E-state index contributed by atoms with van der Waals surface area (Å²) in [5.74, 6) is 0. The number of halogens is 2. The van der Waals surface area contributed by atoms with Crippen molar-refractivity contribution in [2.75, 3.05) is 0 Å². The van der Waals surface area contributed by atoms with Gasteiger partial charge >= 0.3 is 0 Å². The quantitative estimate of drug-likeness (QED) is 0.339. The molecule has 1 heterocycles. The lowest BCUT2D eigenvalue weighted by atomic mass is 10.0. The molecule has 3 aromatic rings. The lowest BCUT2D eigenvalue weighted by Crippen LogP contribution is -1.91. The Bertz CT molecular complexity index is 973. The molecule has 0 aliphatic carbocycles. The van der Waals surface area contributed by atoms with E-state index in [0.717, 1.165) is 40.6 Å². The van der Waals surface area contributed by atoms with E-state index in [-0.39, 0.29) is 5.38 Å². The van der Waals surface area contributed by atoms with Gasteiger partial charge in [-0.1, -0.05) is 54.1 Å². The van der Waals surface area contributed by atoms with Gasteiger partial charge in [-0.05, 0) is 48.2 Å². The minimum atomic E-state index is -0.0716. The molecule has 0 aliphatic rings. The van der Waals surface area contributed by atoms with Gasteiger partial charge in [0.05, 0.1) is 22.7 Å². The van der Waals surface area contributed by atoms with Crippen LogP contribution in [0.15, 0.2) is 54.6 Å². The standard InChI is InChI=1S/C22H18Cl2N2/c23-19-10-8-17-9-12-20(26-22(17)15-19)11-7-16-4-3-5-18(14-16)21(24)6-1-2-13-25/h3-5,7-12,14-15,21H,1-2,6H2. The summed E-state index contributed by atoms with van der Waals surface area (Å²) in [6, 6.07) is 20.0. The fourth-order valence-electron chi connectivity index (χ4n) is 2.77. The molecule has 1 unspecified atom stereocenters. The first-order valence-electron chi connectivity index (χ1n) is 8.51. The average molecular weight is 381 g/mol. The lowest BCUT2D eigenvalue weighted by molar-refractivity contribution is 0.732. The van der Waals surface area contributed by atoms with E-state index in [4.69, 9.17) is 28.5 Å². The van der Waals surface area contributed by atoms with Crippen LogP contribution >= 0.6 is 23.2 Å². The fraction of sp³-hybridized carbons (Fsp3) is 0.182. The summed E-state index contributed by atoms with van der Waals surface area (Å²) >= 11 is 12.5. The second kappa shape index (κ2) is 8.85. The van der Waals surface area contributed by atoms with Crippen LogP contribution < -0.4 is 0 Å². The first-order valence-corrected chi connectivity index (χ1v) is 9.32. The van der Waals surface area contributed by atoms with Crippen LogP contribution in [-0.4, -0.2) is 4.98 Å². The molecule has 1 atom stereocenters. The summed E-state index contributed by atoms with van der Waals surface area (Å²) < 4.78 is 0. The third-order valence-electron chi connectivity index (χ3n) is 4.14. The van der Waals surface area contributed by atoms with Gasteiger partial charge in [-0.3, -0.25) is 0 Å². The number of fused-ring (bicyclic) bond motifs is 1. The molecule has 2 aromatic carbocycles. The minimum absolute atomic E-state index is 0.0716. The van der Waals surface area contributed by atoms with E-state index >= 15 is 0 Å². The smallest absolute Gasteiger partial charge is 0.0724 e. The highest BCUT2D eigenvalue weighted by atomic mass is 35.5. The highest BCUT2D eigenvalue weighted by molar-refractivity contribution is 6.31. The Kier molecular flexibility index (Phi) is 6.28. The van der Waals surface area contributed by atoms with Crippen molar-refractivity contribution in [3.8, 4) is 6.07 Å². The molecule has 0 fully saturated rings. The highest BCUT2D eigenvalue weighted by Gasteiger charge is 2.07. The summed E-state index contributed by atoms with van der Waals surface area (Å²) in [5.41, 5.74) is 3.90. The van der Waals surface area contributed by atoms with E-state index in [9.17, 15) is 0 Å². The number of hydrogen-bond acceptors (Lipinski definition) is 2. The second-order valence-corrected chi connectivity index (χ2v) is 7.06. The van der Waals surface area contributed by atoms with Crippen LogP contribution in [0.25, 0.3) is 23.1 Å². The number of pyridine rings is 1. The monoisotopic (exact) mass is 380 g/mol. The maximum absolute atomic E-state index is 8.64. The van der Waals surface area contributed by atoms with Gasteiger partial charge in [0.15, 0.2) is 0 Å². The minimum Gasteiger partial charge on any atom is -0.248 e. The molecule has 2 nitrogen and oxygen atoms in total. The number of nitrogens with zero attached hydrogens (tertiary/aromatic N) is 2. The Hall–Kier alpha value is -2.34. The largest absolute Gasteiger partial charge is 0.248 e. The molecular weight excluding hydrogens is 363 g/mol. The molecule has 0 N–H and O–H groups in total. The number of aromatic nitrogens is 1. The van der Waals surface area contributed by atoms with E-state index in [1.807, 2.05) is 60.7 Å². The van der Waals surface area contributed by atoms with Crippen LogP contribution in [0, 0.1) is 11.3 Å². The highest BCUT2D eigenvalue weighted by Crippen LogP contribution is 2.27. The number of nitriles is 1. The van der Waals surface area contributed by atoms with Crippen molar-refractivity contribution in [3.05, 3.63) is 76.4 Å². The Balaban J connectivity index is 1.76. The zero-order chi connectivity index (χ0) is 18.4. The Labute approximate surface area is 163 Å². The van der Waals surface area contributed by atoms with E-state index in [1.165, 1.54) is 0 Å². The summed E-state index contributed by atoms with van der Waals surface area (Å²) in [5, 5.41) is 10.3. The van der Waals surface area contributed by atoms with Crippen LogP contribution in [-0.2, 0) is 0 Å². The third kappa shape index (κ3) is 4.85. The van der Waals surface area contributed by atoms with Gasteiger partial charge in [-0.2, -0.15) is 5.26 Å². The first-order chi connectivity index (χ1) is 12.7. The van der Waals surface area contributed by atoms with E-state index in [1.54, 1.807) is 0 Å². The van der Waals surface area contributed by atoms with Crippen molar-refractivity contribution in [1.29, 1.82) is 5.26 Å². The SMILES string of the molecule is N#CCCCC(Cl)c1cccc(C=Cc2ccc3ccc(Cl)cc3n2)c1. The maximum Gasteiger partial charge on any atom is 0.0724 e. The molecular formula is C22H18Cl2N2. The molecule has 3 rings (SSSR count). The average Bonchev–Trinajstić information content (AvgIpc) is 2.66. The number of unbranched alkanes of at least 4 members (excludes halogenated alkanes) is 1. The van der Waals surface area contributed by atoms with Crippen molar-refractivity contribution in [2.24, 2.45) is 0 Å². The molecule has 0 amide bonds. The predicted molar refractivity (Wildman–Crippen MR) is 110 cm³/mol. The fourth-order valence-corrected chi connectivity index (χ4v) is 3.22. The Morgan fingerprint density at radius 1 is 1.08 bits per heavy atom. The van der Waals surface area contributed by atoms with Crippen molar-refractivity contribution in [3.63, 3.8) is 0 Å². The van der Waals surface area contributed by atoms with Crippen LogP contribution in [0.3, 0.4) is 0 Å². The molecule has 0 radical (unpaired) electrons. The van der Waals surface area contributed by atoms with Gasteiger partial charge in [0.1, 0.15) is 0 Å². The van der Waals surface area contributed by atoms with Gasteiger partial charge in [0.25, 0.3) is 0 Å². The number of hydrogen-bond donors (Lipinski definition) is 0. The van der Waals surface area contributed by atoms with Crippen LogP contribution in [0.4, 0.5) is 0 Å². The normalized spacial score (nSPS) is 12.3. The summed E-state index contributed by atoms with van der Waals surface area (Å²) in [6.07, 6.45) is 6.17. The Morgan fingerprint density at radius 2 is 1.92 bits per heavy atom. The summed E-state index contributed by atoms with van der Waals surface area (Å²) in [4.78, 5) is 4.63. The molecule has 1 aromatic heterocycles. The molecule has 0 aliphatic heterocycles. The molecule has 0 saturated carbocycles. The number of rotatable bonds is 6. The number of alkyl halides is 1. The molecule has 0 saturated heterocycles. The molecule has 4 heteroatoms.